The first-order valence-electron chi connectivity index (χ1n) is 9.14. The molecule has 2 aromatic rings. The molecule has 1 saturated carbocycles. The lowest BCUT2D eigenvalue weighted by atomic mass is 9.94. The van der Waals surface area contributed by atoms with Gasteiger partial charge in [-0.1, -0.05) is 24.3 Å². The molecule has 1 heterocycles. The van der Waals surface area contributed by atoms with E-state index in [4.69, 9.17) is 4.74 Å². The monoisotopic (exact) mass is 366 g/mol. The van der Waals surface area contributed by atoms with Crippen LogP contribution in [0.5, 0.6) is 0 Å². The van der Waals surface area contributed by atoms with Crippen LogP contribution in [-0.2, 0) is 22.4 Å². The van der Waals surface area contributed by atoms with Crippen molar-refractivity contribution in [2.24, 2.45) is 0 Å². The van der Waals surface area contributed by atoms with Crippen molar-refractivity contribution in [1.29, 1.82) is 0 Å². The van der Waals surface area contributed by atoms with E-state index >= 15 is 0 Å². The number of carbonyl (C=O) groups excluding carboxylic acids is 2. The third kappa shape index (κ3) is 2.95. The highest BCUT2D eigenvalue weighted by Crippen LogP contribution is 2.34. The molecule has 0 unspecified atom stereocenters. The number of aryl methyl sites for hydroxylation is 1. The Bertz CT molecular complexity index is 963. The van der Waals surface area contributed by atoms with Crippen molar-refractivity contribution in [3.05, 3.63) is 69.1 Å². The number of nitrogens with one attached hydrogen (secondary N) is 1. The van der Waals surface area contributed by atoms with Gasteiger partial charge < -0.3 is 14.6 Å². The van der Waals surface area contributed by atoms with E-state index in [-0.39, 0.29) is 17.2 Å². The highest BCUT2D eigenvalue weighted by molar-refractivity contribution is 5.99. The fraction of sp³-hybridized carbons (Fsp3) is 0.381. The molecule has 2 aliphatic carbocycles. The Morgan fingerprint density at radius 1 is 1.15 bits per heavy atom. The number of carbonyl (C=O) groups is 2. The number of benzene rings is 1. The third-order valence-electron chi connectivity index (χ3n) is 5.53. The molecule has 0 saturated heterocycles. The summed E-state index contributed by atoms with van der Waals surface area (Å²) in [6.07, 6.45) is 4.35. The van der Waals surface area contributed by atoms with Gasteiger partial charge in [-0.2, -0.15) is 0 Å². The van der Waals surface area contributed by atoms with Crippen molar-refractivity contribution < 1.29 is 14.3 Å². The van der Waals surface area contributed by atoms with Gasteiger partial charge in [0.05, 0.1) is 7.11 Å². The summed E-state index contributed by atoms with van der Waals surface area (Å²) in [4.78, 5) is 38.5. The molecule has 2 aliphatic rings. The van der Waals surface area contributed by atoms with E-state index in [1.807, 2.05) is 24.3 Å². The van der Waals surface area contributed by atoms with Gasteiger partial charge in [-0.15, -0.1) is 0 Å². The second-order valence-electron chi connectivity index (χ2n) is 7.47. The molecule has 1 amide bonds. The maximum atomic E-state index is 13.1. The molecular formula is C21H22N2O4. The molecule has 1 N–H and O–H groups in total. The smallest absolute Gasteiger partial charge is 0.332 e. The quantitative estimate of drug-likeness (QED) is 0.839. The largest absolute Gasteiger partial charge is 0.467 e. The highest BCUT2D eigenvalue weighted by Gasteiger charge is 2.46. The molecule has 27 heavy (non-hydrogen) atoms. The average molecular weight is 366 g/mol. The molecule has 1 fully saturated rings. The summed E-state index contributed by atoms with van der Waals surface area (Å²) in [5.74, 6) is -1.02. The number of esters is 1. The summed E-state index contributed by atoms with van der Waals surface area (Å²) in [5, 5.41) is 2.85. The summed E-state index contributed by atoms with van der Waals surface area (Å²) < 4.78 is 6.62. The van der Waals surface area contributed by atoms with Crippen LogP contribution in [0.2, 0.25) is 0 Å². The Kier molecular flexibility index (Phi) is 4.13. The van der Waals surface area contributed by atoms with E-state index in [1.165, 1.54) is 7.11 Å². The van der Waals surface area contributed by atoms with Crippen molar-refractivity contribution in [2.45, 2.75) is 44.2 Å². The Labute approximate surface area is 157 Å². The molecule has 0 bridgehead atoms. The minimum absolute atomic E-state index is 0.101. The van der Waals surface area contributed by atoms with Crippen molar-refractivity contribution in [2.75, 3.05) is 7.11 Å². The van der Waals surface area contributed by atoms with Crippen LogP contribution in [0.15, 0.2) is 41.3 Å². The lowest BCUT2D eigenvalue weighted by molar-refractivity contribution is -0.147. The fourth-order valence-corrected chi connectivity index (χ4v) is 3.93. The third-order valence-corrected chi connectivity index (χ3v) is 5.53. The summed E-state index contributed by atoms with van der Waals surface area (Å²) in [6, 6.07) is 9.66. The summed E-state index contributed by atoms with van der Waals surface area (Å²) >= 11 is 0. The first-order valence-corrected chi connectivity index (χ1v) is 9.14. The van der Waals surface area contributed by atoms with Crippen LogP contribution in [0.1, 0.15) is 45.9 Å². The van der Waals surface area contributed by atoms with Gasteiger partial charge in [0.2, 0.25) is 0 Å². The van der Waals surface area contributed by atoms with Crippen LogP contribution < -0.4 is 10.9 Å². The SMILES string of the molecule is COC(=O)C1(NC(=O)c2c(C)ccn(C3CC3)c2=O)Cc2ccccc2C1. The number of ether oxygens (including phenoxy) is 1. The average Bonchev–Trinajstić information content (AvgIpc) is 3.41. The molecule has 0 radical (unpaired) electrons. The molecule has 140 valence electrons. The van der Waals surface area contributed by atoms with Crippen molar-refractivity contribution in [1.82, 2.24) is 9.88 Å². The lowest BCUT2D eigenvalue weighted by Crippen LogP contribution is -2.57. The molecule has 0 atom stereocenters. The van der Waals surface area contributed by atoms with Crippen molar-refractivity contribution in [3.8, 4) is 0 Å². The van der Waals surface area contributed by atoms with E-state index < -0.39 is 17.4 Å². The van der Waals surface area contributed by atoms with E-state index in [0.29, 0.717) is 18.4 Å². The summed E-state index contributed by atoms with van der Waals surface area (Å²) in [6.45, 7) is 1.74. The molecule has 6 heteroatoms. The van der Waals surface area contributed by atoms with Gasteiger partial charge in [-0.05, 0) is 42.5 Å². The number of rotatable bonds is 4. The van der Waals surface area contributed by atoms with Crippen LogP contribution in [0, 0.1) is 6.92 Å². The molecular weight excluding hydrogens is 344 g/mol. The van der Waals surface area contributed by atoms with Gasteiger partial charge in [0.1, 0.15) is 11.1 Å². The van der Waals surface area contributed by atoms with Crippen LogP contribution >= 0.6 is 0 Å². The van der Waals surface area contributed by atoms with E-state index in [0.717, 1.165) is 24.0 Å². The molecule has 4 rings (SSSR count). The number of hydrogen-bond acceptors (Lipinski definition) is 4. The van der Waals surface area contributed by atoms with Crippen LogP contribution in [0.4, 0.5) is 0 Å². The Morgan fingerprint density at radius 3 is 2.33 bits per heavy atom. The first-order chi connectivity index (χ1) is 12.9. The number of methoxy groups -OCH3 is 1. The van der Waals surface area contributed by atoms with Crippen LogP contribution in [0.3, 0.4) is 0 Å². The maximum absolute atomic E-state index is 13.1. The van der Waals surface area contributed by atoms with Gasteiger partial charge in [-0.25, -0.2) is 4.79 Å². The standard InChI is InChI=1S/C21H22N2O4/c1-13-9-10-23(16-7-8-16)19(25)17(13)18(24)22-21(20(26)27-2)11-14-5-3-4-6-15(14)12-21/h3-6,9-10,16H,7-8,11-12H2,1-2H3,(H,22,24). The van der Waals surface area contributed by atoms with Gasteiger partial charge >= 0.3 is 5.97 Å². The zero-order valence-corrected chi connectivity index (χ0v) is 15.5. The minimum Gasteiger partial charge on any atom is -0.467 e. The van der Waals surface area contributed by atoms with Gasteiger partial charge in [0, 0.05) is 25.1 Å². The number of nitrogens with zero attached hydrogens (tertiary/aromatic N) is 1. The highest BCUT2D eigenvalue weighted by atomic mass is 16.5. The van der Waals surface area contributed by atoms with Crippen molar-refractivity contribution in [3.63, 3.8) is 0 Å². The molecule has 0 spiro atoms. The van der Waals surface area contributed by atoms with E-state index in [2.05, 4.69) is 5.32 Å². The van der Waals surface area contributed by atoms with Gasteiger partial charge in [-0.3, -0.25) is 9.59 Å². The van der Waals surface area contributed by atoms with Gasteiger partial charge in [0.15, 0.2) is 0 Å². The summed E-state index contributed by atoms with van der Waals surface area (Å²) in [5.41, 5.74) is 1.22. The van der Waals surface area contributed by atoms with E-state index in [1.54, 1.807) is 23.8 Å². The zero-order chi connectivity index (χ0) is 19.2. The molecule has 0 aliphatic heterocycles. The molecule has 1 aromatic heterocycles. The Morgan fingerprint density at radius 2 is 1.78 bits per heavy atom. The second kappa shape index (κ2) is 6.37. The van der Waals surface area contributed by atoms with Crippen LogP contribution in [-0.4, -0.2) is 29.1 Å². The Balaban J connectivity index is 1.70. The number of fused-ring (bicyclic) bond motifs is 1. The lowest BCUT2D eigenvalue weighted by Gasteiger charge is -2.27. The number of pyridine rings is 1. The topological polar surface area (TPSA) is 77.4 Å². The second-order valence-corrected chi connectivity index (χ2v) is 7.47. The van der Waals surface area contributed by atoms with Gasteiger partial charge in [0.25, 0.3) is 11.5 Å². The molecule has 6 nitrogen and oxygen atoms in total. The Hall–Kier alpha value is -2.89. The number of aromatic nitrogens is 1. The van der Waals surface area contributed by atoms with Crippen molar-refractivity contribution >= 4 is 11.9 Å². The predicted molar refractivity (Wildman–Crippen MR) is 99.8 cm³/mol. The number of amides is 1. The maximum Gasteiger partial charge on any atom is 0.332 e. The number of hydrogen-bond donors (Lipinski definition) is 1. The van der Waals surface area contributed by atoms with E-state index in [9.17, 15) is 14.4 Å². The predicted octanol–water partition coefficient (Wildman–Crippen LogP) is 1.93. The normalized spacial score (nSPS) is 17.3. The summed E-state index contributed by atoms with van der Waals surface area (Å²) in [7, 11) is 1.31. The minimum atomic E-state index is -1.19. The fourth-order valence-electron chi connectivity index (χ4n) is 3.93. The van der Waals surface area contributed by atoms with Crippen LogP contribution in [0.25, 0.3) is 0 Å². The zero-order valence-electron chi connectivity index (χ0n) is 15.5. The molecule has 1 aromatic carbocycles. The first kappa shape index (κ1) is 17.5.